The number of carbonyl (C=O) groups excluding carboxylic acids is 1. The fourth-order valence-corrected chi connectivity index (χ4v) is 2.22. The Bertz CT molecular complexity index is 624. The van der Waals surface area contributed by atoms with Crippen LogP contribution in [0.3, 0.4) is 0 Å². The number of rotatable bonds is 5. The molecule has 0 spiro atoms. The number of fused-ring (bicyclic) bond motifs is 1. The molecule has 0 aliphatic rings. The fourth-order valence-electron chi connectivity index (χ4n) is 2.05. The van der Waals surface area contributed by atoms with Gasteiger partial charge in [-0.05, 0) is 18.6 Å². The summed E-state index contributed by atoms with van der Waals surface area (Å²) >= 11 is 5.74. The maximum absolute atomic E-state index is 13.5. The molecule has 0 bridgehead atoms. The molecule has 0 aliphatic heterocycles. The quantitative estimate of drug-likeness (QED) is 0.855. The Morgan fingerprint density at radius 2 is 2.26 bits per heavy atom. The summed E-state index contributed by atoms with van der Waals surface area (Å²) in [5.74, 6) is 0.500. The Kier molecular flexibility index (Phi) is 4.04. The van der Waals surface area contributed by atoms with E-state index in [4.69, 9.17) is 17.3 Å². The molecule has 19 heavy (non-hydrogen) atoms. The lowest BCUT2D eigenvalue weighted by Crippen LogP contribution is -2.15. The van der Waals surface area contributed by atoms with Crippen LogP contribution in [0.4, 0.5) is 4.39 Å². The van der Waals surface area contributed by atoms with Crippen molar-refractivity contribution in [3.8, 4) is 0 Å². The number of nitrogens with zero attached hydrogens (tertiary/aromatic N) is 2. The van der Waals surface area contributed by atoms with Gasteiger partial charge in [0.05, 0.1) is 11.0 Å². The summed E-state index contributed by atoms with van der Waals surface area (Å²) in [6.45, 7) is 2.13. The van der Waals surface area contributed by atoms with Gasteiger partial charge in [-0.15, -0.1) is 11.6 Å². The highest BCUT2D eigenvalue weighted by Crippen LogP contribution is 2.21. The minimum Gasteiger partial charge on any atom is -0.370 e. The number of aromatic nitrogens is 2. The van der Waals surface area contributed by atoms with E-state index in [9.17, 15) is 9.18 Å². The lowest BCUT2D eigenvalue weighted by Gasteiger charge is -2.07. The summed E-state index contributed by atoms with van der Waals surface area (Å²) in [5.41, 5.74) is 7.10. The Hall–Kier alpha value is -1.62. The normalized spacial score (nSPS) is 11.1. The Morgan fingerprint density at radius 1 is 1.53 bits per heavy atom. The van der Waals surface area contributed by atoms with Gasteiger partial charge in [0.2, 0.25) is 5.91 Å². The van der Waals surface area contributed by atoms with Crippen LogP contribution >= 0.6 is 11.6 Å². The molecule has 1 aromatic carbocycles. The molecule has 2 aromatic rings. The number of amides is 1. The predicted octanol–water partition coefficient (Wildman–Crippen LogP) is 2.14. The zero-order chi connectivity index (χ0) is 14.0. The van der Waals surface area contributed by atoms with Gasteiger partial charge in [0, 0.05) is 31.3 Å². The first-order valence-electron chi connectivity index (χ1n) is 6.02. The van der Waals surface area contributed by atoms with Crippen molar-refractivity contribution in [1.29, 1.82) is 0 Å². The van der Waals surface area contributed by atoms with Gasteiger partial charge in [-0.1, -0.05) is 0 Å². The summed E-state index contributed by atoms with van der Waals surface area (Å²) in [6.07, 6.45) is 0.785. The van der Waals surface area contributed by atoms with E-state index in [1.807, 2.05) is 4.57 Å². The van der Waals surface area contributed by atoms with Gasteiger partial charge in [0.15, 0.2) is 0 Å². The second-order valence-electron chi connectivity index (χ2n) is 4.43. The van der Waals surface area contributed by atoms with Crippen molar-refractivity contribution in [2.75, 3.05) is 5.88 Å². The first-order valence-corrected chi connectivity index (χ1v) is 6.56. The topological polar surface area (TPSA) is 60.9 Å². The predicted molar refractivity (Wildman–Crippen MR) is 72.7 cm³/mol. The third-order valence-electron chi connectivity index (χ3n) is 3.01. The molecule has 6 heteroatoms. The van der Waals surface area contributed by atoms with Gasteiger partial charge in [0.25, 0.3) is 0 Å². The van der Waals surface area contributed by atoms with Crippen LogP contribution < -0.4 is 5.73 Å². The van der Waals surface area contributed by atoms with Crippen LogP contribution in [-0.2, 0) is 17.8 Å². The highest BCUT2D eigenvalue weighted by atomic mass is 35.5. The second-order valence-corrected chi connectivity index (χ2v) is 4.80. The van der Waals surface area contributed by atoms with Crippen LogP contribution in [0.25, 0.3) is 11.0 Å². The lowest BCUT2D eigenvalue weighted by atomic mass is 10.2. The summed E-state index contributed by atoms with van der Waals surface area (Å²) < 4.78 is 15.4. The van der Waals surface area contributed by atoms with Gasteiger partial charge >= 0.3 is 0 Å². The third-order valence-corrected chi connectivity index (χ3v) is 3.20. The zero-order valence-corrected chi connectivity index (χ0v) is 11.4. The van der Waals surface area contributed by atoms with E-state index in [0.717, 1.165) is 11.3 Å². The number of carbonyl (C=O) groups is 1. The SMILES string of the molecule is Cc1cc2c(cc1F)nc(CCCl)n2CCC(N)=O. The Labute approximate surface area is 115 Å². The summed E-state index contributed by atoms with van der Waals surface area (Å²) in [4.78, 5) is 15.3. The molecule has 102 valence electrons. The maximum atomic E-state index is 13.5. The van der Waals surface area contributed by atoms with E-state index < -0.39 is 0 Å². The molecular weight excluding hydrogens is 269 g/mol. The highest BCUT2D eigenvalue weighted by molar-refractivity contribution is 6.17. The van der Waals surface area contributed by atoms with Gasteiger partial charge < -0.3 is 10.3 Å². The molecule has 2 rings (SSSR count). The average Bonchev–Trinajstić information content (AvgIpc) is 2.65. The van der Waals surface area contributed by atoms with Crippen LogP contribution in [0.15, 0.2) is 12.1 Å². The molecule has 0 saturated carbocycles. The van der Waals surface area contributed by atoms with Crippen molar-refractivity contribution in [2.24, 2.45) is 5.73 Å². The van der Waals surface area contributed by atoms with Crippen molar-refractivity contribution < 1.29 is 9.18 Å². The molecule has 4 nitrogen and oxygen atoms in total. The van der Waals surface area contributed by atoms with Gasteiger partial charge in [-0.2, -0.15) is 0 Å². The molecular formula is C13H15ClFN3O. The third kappa shape index (κ3) is 2.87. The van der Waals surface area contributed by atoms with Gasteiger partial charge in [-0.25, -0.2) is 9.37 Å². The number of aryl methyl sites for hydroxylation is 3. The number of hydrogen-bond donors (Lipinski definition) is 1. The first-order chi connectivity index (χ1) is 9.02. The van der Waals surface area contributed by atoms with E-state index in [0.29, 0.717) is 29.9 Å². The lowest BCUT2D eigenvalue weighted by molar-refractivity contribution is -0.118. The van der Waals surface area contributed by atoms with Crippen molar-refractivity contribution in [3.63, 3.8) is 0 Å². The minimum atomic E-state index is -0.377. The monoisotopic (exact) mass is 283 g/mol. The van der Waals surface area contributed by atoms with Crippen molar-refractivity contribution in [3.05, 3.63) is 29.3 Å². The molecule has 0 saturated heterocycles. The van der Waals surface area contributed by atoms with Crippen molar-refractivity contribution in [2.45, 2.75) is 26.3 Å². The van der Waals surface area contributed by atoms with Crippen molar-refractivity contribution in [1.82, 2.24) is 9.55 Å². The molecule has 0 unspecified atom stereocenters. The zero-order valence-electron chi connectivity index (χ0n) is 10.6. The number of hydrogen-bond acceptors (Lipinski definition) is 2. The molecule has 1 amide bonds. The number of primary amides is 1. The molecule has 1 aromatic heterocycles. The van der Waals surface area contributed by atoms with E-state index >= 15 is 0 Å². The smallest absolute Gasteiger partial charge is 0.219 e. The van der Waals surface area contributed by atoms with Gasteiger partial charge in [-0.3, -0.25) is 4.79 Å². The molecule has 1 heterocycles. The van der Waals surface area contributed by atoms with Crippen molar-refractivity contribution >= 4 is 28.5 Å². The Balaban J connectivity index is 2.51. The van der Waals surface area contributed by atoms with Crippen LogP contribution in [-0.4, -0.2) is 21.3 Å². The van der Waals surface area contributed by atoms with E-state index in [2.05, 4.69) is 4.98 Å². The molecule has 0 atom stereocenters. The standard InChI is InChI=1S/C13H15ClFN3O/c1-8-6-11-10(7-9(8)15)17-13(2-4-14)18(11)5-3-12(16)19/h6-7H,2-5H2,1H3,(H2,16,19). The number of imidazole rings is 1. The fraction of sp³-hybridized carbons (Fsp3) is 0.385. The van der Waals surface area contributed by atoms with E-state index in [-0.39, 0.29) is 18.1 Å². The summed E-state index contributed by atoms with van der Waals surface area (Å²) in [5, 5.41) is 0. The summed E-state index contributed by atoms with van der Waals surface area (Å²) in [7, 11) is 0. The van der Waals surface area contributed by atoms with E-state index in [1.54, 1.807) is 13.0 Å². The van der Waals surface area contributed by atoms with E-state index in [1.165, 1.54) is 6.07 Å². The van der Waals surface area contributed by atoms with Gasteiger partial charge in [0.1, 0.15) is 11.6 Å². The van der Waals surface area contributed by atoms with Crippen LogP contribution in [0.1, 0.15) is 17.8 Å². The molecule has 0 fully saturated rings. The number of alkyl halides is 1. The molecule has 0 radical (unpaired) electrons. The van der Waals surface area contributed by atoms with Crippen LogP contribution in [0.2, 0.25) is 0 Å². The van der Waals surface area contributed by atoms with Crippen LogP contribution in [0, 0.1) is 12.7 Å². The Morgan fingerprint density at radius 3 is 2.89 bits per heavy atom. The second kappa shape index (κ2) is 5.57. The summed E-state index contributed by atoms with van der Waals surface area (Å²) in [6, 6.07) is 3.14. The number of nitrogens with two attached hydrogens (primary N) is 1. The molecule has 2 N–H and O–H groups in total. The van der Waals surface area contributed by atoms with Crippen LogP contribution in [0.5, 0.6) is 0 Å². The maximum Gasteiger partial charge on any atom is 0.219 e. The largest absolute Gasteiger partial charge is 0.370 e. The minimum absolute atomic E-state index is 0.219. The highest BCUT2D eigenvalue weighted by Gasteiger charge is 2.13. The molecule has 0 aliphatic carbocycles. The first kappa shape index (κ1) is 13.8. The average molecular weight is 284 g/mol. The number of halogens is 2. The number of benzene rings is 1.